The predicted molar refractivity (Wildman–Crippen MR) is 89.7 cm³/mol. The maximum Gasteiger partial charge on any atom is 0.0499 e. The van der Waals surface area contributed by atoms with Gasteiger partial charge in [0.05, 0.1) is 0 Å². The van der Waals surface area contributed by atoms with Crippen molar-refractivity contribution < 1.29 is 0 Å². The molecule has 0 radical (unpaired) electrons. The van der Waals surface area contributed by atoms with Crippen LogP contribution < -0.4 is 5.73 Å². The van der Waals surface area contributed by atoms with E-state index in [0.717, 1.165) is 23.4 Å². The first-order chi connectivity index (χ1) is 9.65. The van der Waals surface area contributed by atoms with Crippen LogP contribution in [-0.2, 0) is 0 Å². The number of nitrogens with zero attached hydrogens (tertiary/aromatic N) is 1. The highest BCUT2D eigenvalue weighted by Gasteiger charge is 2.30. The van der Waals surface area contributed by atoms with Crippen molar-refractivity contribution in [1.29, 1.82) is 0 Å². The van der Waals surface area contributed by atoms with Crippen LogP contribution in [0.15, 0.2) is 28.7 Å². The predicted octanol–water partition coefficient (Wildman–Crippen LogP) is 4.35. The third kappa shape index (κ3) is 4.31. The number of hydrogen-bond donors (Lipinski definition) is 1. The zero-order valence-electron chi connectivity index (χ0n) is 12.7. The maximum atomic E-state index is 6.46. The minimum Gasteiger partial charge on any atom is -0.326 e. The fraction of sp³-hybridized carbons (Fsp3) is 0.647. The van der Waals surface area contributed by atoms with Gasteiger partial charge in [-0.25, -0.2) is 0 Å². The van der Waals surface area contributed by atoms with Crippen LogP contribution in [0.25, 0.3) is 0 Å². The third-order valence-electron chi connectivity index (χ3n) is 4.18. The van der Waals surface area contributed by atoms with Crippen molar-refractivity contribution in [2.75, 3.05) is 13.1 Å². The molecule has 1 fully saturated rings. The summed E-state index contributed by atoms with van der Waals surface area (Å²) in [5.74, 6) is 0.906. The van der Waals surface area contributed by atoms with Crippen LogP contribution in [0.2, 0.25) is 0 Å². The fourth-order valence-electron chi connectivity index (χ4n) is 2.88. The Morgan fingerprint density at radius 3 is 2.40 bits per heavy atom. The monoisotopic (exact) mass is 338 g/mol. The minimum atomic E-state index is 0.210. The maximum absolute atomic E-state index is 6.46. The lowest BCUT2D eigenvalue weighted by molar-refractivity contribution is 0.162. The molecule has 2 rings (SSSR count). The van der Waals surface area contributed by atoms with E-state index in [1.807, 2.05) is 0 Å². The van der Waals surface area contributed by atoms with Crippen LogP contribution in [0.4, 0.5) is 0 Å². The second-order valence-corrected chi connectivity index (χ2v) is 6.92. The molecule has 0 heterocycles. The molecule has 2 N–H and O–H groups in total. The van der Waals surface area contributed by atoms with Gasteiger partial charge in [0.25, 0.3) is 0 Å². The molecular formula is C17H27BrN2. The number of rotatable bonds is 8. The quantitative estimate of drug-likeness (QED) is 0.763. The van der Waals surface area contributed by atoms with Crippen LogP contribution in [0.5, 0.6) is 0 Å². The molecule has 1 aromatic rings. The van der Waals surface area contributed by atoms with Gasteiger partial charge in [0.2, 0.25) is 0 Å². The number of benzene rings is 1. The smallest absolute Gasteiger partial charge is 0.0499 e. The first-order valence-corrected chi connectivity index (χ1v) is 8.70. The molecule has 3 heteroatoms. The Morgan fingerprint density at radius 2 is 1.90 bits per heavy atom. The van der Waals surface area contributed by atoms with Crippen LogP contribution in [-0.4, -0.2) is 24.0 Å². The minimum absolute atomic E-state index is 0.210. The van der Waals surface area contributed by atoms with E-state index in [1.54, 1.807) is 0 Å². The summed E-state index contributed by atoms with van der Waals surface area (Å²) in [6, 6.07) is 9.27. The highest BCUT2D eigenvalue weighted by atomic mass is 79.9. The Balaban J connectivity index is 2.20. The molecule has 2 nitrogen and oxygen atoms in total. The Hall–Kier alpha value is -0.380. The van der Waals surface area contributed by atoms with Gasteiger partial charge < -0.3 is 5.73 Å². The topological polar surface area (TPSA) is 29.3 Å². The van der Waals surface area contributed by atoms with Gasteiger partial charge in [0, 0.05) is 23.1 Å². The lowest BCUT2D eigenvalue weighted by Gasteiger charge is -2.36. The van der Waals surface area contributed by atoms with E-state index < -0.39 is 0 Å². The Morgan fingerprint density at radius 1 is 1.25 bits per heavy atom. The summed E-state index contributed by atoms with van der Waals surface area (Å²) in [4.78, 5) is 2.62. The molecule has 0 spiro atoms. The van der Waals surface area contributed by atoms with E-state index in [1.165, 1.54) is 31.4 Å². The number of nitrogens with two attached hydrogens (primary N) is 1. The van der Waals surface area contributed by atoms with Gasteiger partial charge in [-0.05, 0) is 55.8 Å². The molecule has 1 aromatic carbocycles. The van der Waals surface area contributed by atoms with Crippen molar-refractivity contribution in [3.8, 4) is 0 Å². The van der Waals surface area contributed by atoms with Crippen molar-refractivity contribution in [3.05, 3.63) is 34.3 Å². The molecular weight excluding hydrogens is 312 g/mol. The molecule has 1 saturated carbocycles. The molecule has 1 aliphatic rings. The average molecular weight is 339 g/mol. The highest BCUT2D eigenvalue weighted by Crippen LogP contribution is 2.34. The molecule has 2 unspecified atom stereocenters. The van der Waals surface area contributed by atoms with Crippen molar-refractivity contribution >= 4 is 15.9 Å². The number of hydrogen-bond acceptors (Lipinski definition) is 2. The van der Waals surface area contributed by atoms with Gasteiger partial charge >= 0.3 is 0 Å². The average Bonchev–Trinajstić information content (AvgIpc) is 3.25. The summed E-state index contributed by atoms with van der Waals surface area (Å²) in [5.41, 5.74) is 7.82. The van der Waals surface area contributed by atoms with Gasteiger partial charge in [-0.3, -0.25) is 4.90 Å². The first kappa shape index (κ1) is 16.0. The zero-order chi connectivity index (χ0) is 14.5. The van der Waals surface area contributed by atoms with Crippen LogP contribution in [0, 0.1) is 5.92 Å². The van der Waals surface area contributed by atoms with E-state index in [0.29, 0.717) is 6.04 Å². The van der Waals surface area contributed by atoms with E-state index in [4.69, 9.17) is 5.73 Å². The lowest BCUT2D eigenvalue weighted by Crippen LogP contribution is -2.42. The summed E-state index contributed by atoms with van der Waals surface area (Å²) in [6.07, 6.45) is 5.01. The van der Waals surface area contributed by atoms with Crippen molar-refractivity contribution in [1.82, 2.24) is 4.90 Å². The van der Waals surface area contributed by atoms with Gasteiger partial charge in [-0.1, -0.05) is 41.9 Å². The van der Waals surface area contributed by atoms with Crippen LogP contribution >= 0.6 is 15.9 Å². The van der Waals surface area contributed by atoms with E-state index in [9.17, 15) is 0 Å². The molecule has 0 amide bonds. The molecule has 112 valence electrons. The third-order valence-corrected chi connectivity index (χ3v) is 4.71. The Bertz CT molecular complexity index is 400. The second-order valence-electron chi connectivity index (χ2n) is 6.01. The summed E-state index contributed by atoms with van der Waals surface area (Å²) in [6.45, 7) is 6.81. The van der Waals surface area contributed by atoms with E-state index in [2.05, 4.69) is 58.9 Å². The van der Waals surface area contributed by atoms with Crippen LogP contribution in [0.1, 0.15) is 51.1 Å². The SMILES string of the molecule is CCCN(CC1CC1)C(c1ccc(Br)cc1)C(N)CC. The van der Waals surface area contributed by atoms with Crippen molar-refractivity contribution in [3.63, 3.8) is 0 Å². The zero-order valence-corrected chi connectivity index (χ0v) is 14.3. The second kappa shape index (κ2) is 7.58. The Labute approximate surface area is 131 Å². The van der Waals surface area contributed by atoms with Crippen molar-refractivity contribution in [2.24, 2.45) is 11.7 Å². The largest absolute Gasteiger partial charge is 0.326 e. The summed E-state index contributed by atoms with van der Waals surface area (Å²) in [5, 5.41) is 0. The van der Waals surface area contributed by atoms with Crippen molar-refractivity contribution in [2.45, 2.75) is 51.6 Å². The normalized spacial score (nSPS) is 18.2. The molecule has 1 aliphatic carbocycles. The van der Waals surface area contributed by atoms with Crippen LogP contribution in [0.3, 0.4) is 0 Å². The fourth-order valence-corrected chi connectivity index (χ4v) is 3.14. The van der Waals surface area contributed by atoms with Gasteiger partial charge in [-0.15, -0.1) is 0 Å². The summed E-state index contributed by atoms with van der Waals surface area (Å²) in [7, 11) is 0. The summed E-state index contributed by atoms with van der Waals surface area (Å²) < 4.78 is 1.13. The molecule has 0 aliphatic heterocycles. The molecule has 20 heavy (non-hydrogen) atoms. The molecule has 0 bridgehead atoms. The van der Waals surface area contributed by atoms with E-state index in [-0.39, 0.29) is 6.04 Å². The number of halogens is 1. The molecule has 0 aromatic heterocycles. The summed E-state index contributed by atoms with van der Waals surface area (Å²) >= 11 is 3.52. The van der Waals surface area contributed by atoms with Gasteiger partial charge in [-0.2, -0.15) is 0 Å². The lowest BCUT2D eigenvalue weighted by atomic mass is 9.95. The van der Waals surface area contributed by atoms with Gasteiger partial charge in [0.15, 0.2) is 0 Å². The van der Waals surface area contributed by atoms with Gasteiger partial charge in [0.1, 0.15) is 0 Å². The highest BCUT2D eigenvalue weighted by molar-refractivity contribution is 9.10. The van der Waals surface area contributed by atoms with E-state index >= 15 is 0 Å². The Kier molecular flexibility index (Phi) is 6.06. The first-order valence-electron chi connectivity index (χ1n) is 7.90. The molecule has 2 atom stereocenters. The standard InChI is InChI=1S/C17H27BrN2/c1-3-11-20(12-13-5-6-13)17(16(19)4-2)14-7-9-15(18)10-8-14/h7-10,13,16-17H,3-6,11-12,19H2,1-2H3. The molecule has 0 saturated heterocycles.